The lowest BCUT2D eigenvalue weighted by molar-refractivity contribution is -0.189. The fraction of sp³-hybridized carbons (Fsp3) is 0.519. The fourth-order valence-electron chi connectivity index (χ4n) is 4.85. The molecule has 0 spiro atoms. The molecule has 2 aromatic rings. The molecule has 0 unspecified atom stereocenters. The molecule has 1 aromatic carbocycles. The Balaban J connectivity index is 1.96. The first-order valence-corrected chi connectivity index (χ1v) is 15.8. The molecule has 5 atom stereocenters. The number of esters is 3. The maximum atomic E-state index is 13.3. The minimum atomic E-state index is -2.03. The van der Waals surface area contributed by atoms with Crippen LogP contribution in [0, 0.1) is 11.8 Å². The summed E-state index contributed by atoms with van der Waals surface area (Å²) < 4.78 is 22.3. The third-order valence-corrected chi connectivity index (χ3v) is 8.33. The van der Waals surface area contributed by atoms with Gasteiger partial charge in [0.25, 0.3) is 0 Å². The van der Waals surface area contributed by atoms with Crippen molar-refractivity contribution >= 4 is 31.4 Å². The van der Waals surface area contributed by atoms with E-state index in [0.29, 0.717) is 16.5 Å². The van der Waals surface area contributed by atoms with Crippen LogP contribution in [0.25, 0.3) is 0 Å². The van der Waals surface area contributed by atoms with Gasteiger partial charge in [-0.2, -0.15) is 0 Å². The number of rotatable bonds is 8. The second kappa shape index (κ2) is 11.0. The topological polar surface area (TPSA) is 112 Å². The molecule has 0 amide bonds. The van der Waals surface area contributed by atoms with Crippen molar-refractivity contribution in [1.82, 2.24) is 0 Å². The number of carbonyl (C=O) groups is 3. The van der Waals surface area contributed by atoms with Gasteiger partial charge in [0.1, 0.15) is 19.8 Å². The predicted molar refractivity (Wildman–Crippen MR) is 135 cm³/mol. The Labute approximate surface area is 212 Å². The van der Waals surface area contributed by atoms with Crippen molar-refractivity contribution in [1.29, 1.82) is 0 Å². The molecule has 3 rings (SSSR count). The summed E-state index contributed by atoms with van der Waals surface area (Å²) in [5.41, 5.74) is -0.639. The van der Waals surface area contributed by atoms with Crippen LogP contribution in [0.5, 0.6) is 0 Å². The van der Waals surface area contributed by atoms with Crippen molar-refractivity contribution in [2.45, 2.75) is 71.1 Å². The molecular weight excluding hydrogens is 480 g/mol. The molecule has 36 heavy (non-hydrogen) atoms. The Hall–Kier alpha value is -2.91. The highest BCUT2D eigenvalue weighted by atomic mass is 28.3. The first kappa shape index (κ1) is 27.7. The van der Waals surface area contributed by atoms with E-state index in [1.807, 2.05) is 6.92 Å². The summed E-state index contributed by atoms with van der Waals surface area (Å²) in [6.07, 6.45) is -0.235. The van der Waals surface area contributed by atoms with Crippen molar-refractivity contribution in [2.24, 2.45) is 11.8 Å². The highest BCUT2D eigenvalue weighted by Gasteiger charge is 2.54. The number of ether oxygens (including phenoxy) is 3. The van der Waals surface area contributed by atoms with E-state index < -0.39 is 49.7 Å². The Morgan fingerprint density at radius 1 is 1.17 bits per heavy atom. The van der Waals surface area contributed by atoms with Gasteiger partial charge in [0.15, 0.2) is 0 Å². The lowest BCUT2D eigenvalue weighted by Crippen LogP contribution is -2.54. The van der Waals surface area contributed by atoms with Crippen LogP contribution in [0.4, 0.5) is 0 Å². The fourth-order valence-corrected chi connectivity index (χ4v) is 6.38. The van der Waals surface area contributed by atoms with E-state index in [2.05, 4.69) is 19.6 Å². The van der Waals surface area contributed by atoms with E-state index in [0.717, 1.165) is 0 Å². The first-order chi connectivity index (χ1) is 16.9. The molecule has 9 heteroatoms. The summed E-state index contributed by atoms with van der Waals surface area (Å²) in [4.78, 5) is 38.0. The van der Waals surface area contributed by atoms with Crippen LogP contribution in [0.1, 0.15) is 50.8 Å². The Bertz CT molecular complexity index is 1070. The van der Waals surface area contributed by atoms with Crippen LogP contribution < -0.4 is 5.38 Å². The zero-order chi connectivity index (χ0) is 26.7. The molecule has 1 aliphatic rings. The second-order valence-electron chi connectivity index (χ2n) is 10.4. The standard InChI is InChI=1S/C27H36O8Si/c1-7-32-24(29)21-15-17(2)22(16-27(21,31)20-13-14-33-26(20)36(4,5)6)35-25(30)23(34-18(3)28)19-11-9-8-10-12-19/h8-14,17,21-23,31H,7,15-16H2,1-6H3/t17-,21-,22-,23-,27+/m0/s1. The average Bonchev–Trinajstić information content (AvgIpc) is 3.32. The van der Waals surface area contributed by atoms with E-state index in [1.54, 1.807) is 43.3 Å². The molecular formula is C27H36O8Si. The quantitative estimate of drug-likeness (QED) is 0.320. The molecule has 8 nitrogen and oxygen atoms in total. The normalized spacial score (nSPS) is 25.0. The molecule has 1 heterocycles. The molecule has 0 aliphatic heterocycles. The predicted octanol–water partition coefficient (Wildman–Crippen LogP) is 3.84. The van der Waals surface area contributed by atoms with E-state index in [1.165, 1.54) is 13.2 Å². The van der Waals surface area contributed by atoms with Crippen molar-refractivity contribution in [3.63, 3.8) is 0 Å². The zero-order valence-electron chi connectivity index (χ0n) is 21.8. The molecule has 0 bridgehead atoms. The van der Waals surface area contributed by atoms with E-state index in [9.17, 15) is 19.5 Å². The van der Waals surface area contributed by atoms with Gasteiger partial charge in [0.2, 0.25) is 6.10 Å². The summed E-state index contributed by atoms with van der Waals surface area (Å²) in [6.45, 7) is 11.3. The Morgan fingerprint density at radius 2 is 1.83 bits per heavy atom. The number of carbonyl (C=O) groups excluding carboxylic acids is 3. The van der Waals surface area contributed by atoms with Crippen LogP contribution in [0.2, 0.25) is 19.6 Å². The molecule has 1 saturated carbocycles. The molecule has 1 aromatic heterocycles. The van der Waals surface area contributed by atoms with Gasteiger partial charge in [-0.1, -0.05) is 56.9 Å². The van der Waals surface area contributed by atoms with Crippen LogP contribution in [-0.4, -0.2) is 43.8 Å². The van der Waals surface area contributed by atoms with Gasteiger partial charge in [0.05, 0.1) is 24.2 Å². The molecule has 196 valence electrons. The lowest BCUT2D eigenvalue weighted by atomic mass is 9.67. The van der Waals surface area contributed by atoms with Gasteiger partial charge in [-0.3, -0.25) is 9.59 Å². The van der Waals surface area contributed by atoms with E-state index >= 15 is 0 Å². The van der Waals surface area contributed by atoms with Gasteiger partial charge in [-0.05, 0) is 25.3 Å². The summed E-state index contributed by atoms with van der Waals surface area (Å²) in [7, 11) is -2.03. The first-order valence-electron chi connectivity index (χ1n) is 12.3. The minimum absolute atomic E-state index is 0.0258. The summed E-state index contributed by atoms with van der Waals surface area (Å²) in [5, 5.41) is 12.8. The smallest absolute Gasteiger partial charge is 0.352 e. The summed E-state index contributed by atoms with van der Waals surface area (Å²) >= 11 is 0. The Kier molecular flexibility index (Phi) is 8.46. The molecule has 1 N–H and O–H groups in total. The van der Waals surface area contributed by atoms with Crippen LogP contribution >= 0.6 is 0 Å². The van der Waals surface area contributed by atoms with Gasteiger partial charge < -0.3 is 23.7 Å². The lowest BCUT2D eigenvalue weighted by Gasteiger charge is -2.45. The average molecular weight is 517 g/mol. The maximum Gasteiger partial charge on any atom is 0.352 e. The zero-order valence-corrected chi connectivity index (χ0v) is 22.8. The molecule has 0 saturated heterocycles. The van der Waals surface area contributed by atoms with Gasteiger partial charge >= 0.3 is 17.9 Å². The third-order valence-electron chi connectivity index (χ3n) is 6.58. The largest absolute Gasteiger partial charge is 0.474 e. The number of aliphatic hydroxyl groups is 1. The molecule has 1 fully saturated rings. The maximum absolute atomic E-state index is 13.3. The molecule has 0 radical (unpaired) electrons. The SMILES string of the molecule is CCOC(=O)[C@@H]1C[C@H](C)[C@@H](OC(=O)[C@@H](OC(C)=O)c2ccccc2)C[C@@]1(O)c1ccoc1[Si](C)(C)C. The van der Waals surface area contributed by atoms with Crippen LogP contribution in [0.3, 0.4) is 0 Å². The van der Waals surface area contributed by atoms with Crippen molar-refractivity contribution < 1.29 is 38.1 Å². The number of hydrogen-bond donors (Lipinski definition) is 1. The summed E-state index contributed by atoms with van der Waals surface area (Å²) in [6, 6.07) is 10.3. The van der Waals surface area contributed by atoms with Crippen molar-refractivity contribution in [3.05, 3.63) is 53.8 Å². The monoisotopic (exact) mass is 516 g/mol. The van der Waals surface area contributed by atoms with Gasteiger partial charge in [-0.25, -0.2) is 4.79 Å². The van der Waals surface area contributed by atoms with Crippen LogP contribution in [-0.2, 0) is 34.2 Å². The third kappa shape index (κ3) is 5.90. The van der Waals surface area contributed by atoms with Crippen LogP contribution in [0.15, 0.2) is 47.1 Å². The van der Waals surface area contributed by atoms with Crippen molar-refractivity contribution in [2.75, 3.05) is 6.61 Å². The summed E-state index contributed by atoms with van der Waals surface area (Å²) in [5.74, 6) is -2.97. The van der Waals surface area contributed by atoms with Gasteiger partial charge in [-0.15, -0.1) is 0 Å². The second-order valence-corrected chi connectivity index (χ2v) is 15.4. The number of hydrogen-bond acceptors (Lipinski definition) is 8. The highest BCUT2D eigenvalue weighted by molar-refractivity contribution is 6.88. The van der Waals surface area contributed by atoms with Gasteiger partial charge in [0, 0.05) is 24.5 Å². The van der Waals surface area contributed by atoms with E-state index in [-0.39, 0.29) is 25.4 Å². The highest BCUT2D eigenvalue weighted by Crippen LogP contribution is 2.46. The number of benzene rings is 1. The molecule has 1 aliphatic carbocycles. The Morgan fingerprint density at radius 3 is 2.42 bits per heavy atom. The number of furan rings is 1. The van der Waals surface area contributed by atoms with Crippen molar-refractivity contribution in [3.8, 4) is 0 Å². The van der Waals surface area contributed by atoms with E-state index in [4.69, 9.17) is 18.6 Å². The minimum Gasteiger partial charge on any atom is -0.474 e.